The summed E-state index contributed by atoms with van der Waals surface area (Å²) in [6, 6.07) is 22.6. The number of fused-ring (bicyclic) bond motifs is 2. The van der Waals surface area contributed by atoms with Gasteiger partial charge in [-0.1, -0.05) is 67.2 Å². The average molecular weight is 382 g/mol. The Morgan fingerprint density at radius 1 is 0.897 bits per heavy atom. The van der Waals surface area contributed by atoms with Gasteiger partial charge in [-0.15, -0.1) is 10.2 Å². The van der Waals surface area contributed by atoms with Crippen LogP contribution in [0.2, 0.25) is 0 Å². The zero-order chi connectivity index (χ0) is 20.4. The molecule has 0 fully saturated rings. The fourth-order valence-electron chi connectivity index (χ4n) is 3.06. The van der Waals surface area contributed by atoms with E-state index in [1.54, 1.807) is 13.0 Å². The van der Waals surface area contributed by atoms with Crippen LogP contribution in [0.3, 0.4) is 0 Å². The Bertz CT molecular complexity index is 1290. The maximum Gasteiger partial charge on any atom is 0.338 e. The maximum absolute atomic E-state index is 12.0. The lowest BCUT2D eigenvalue weighted by Gasteiger charge is -2.11. The van der Waals surface area contributed by atoms with E-state index in [4.69, 9.17) is 4.74 Å². The van der Waals surface area contributed by atoms with Crippen LogP contribution >= 0.6 is 0 Å². The van der Waals surface area contributed by atoms with E-state index in [9.17, 15) is 9.90 Å². The molecule has 0 aliphatic heterocycles. The summed E-state index contributed by atoms with van der Waals surface area (Å²) >= 11 is 0. The number of rotatable bonds is 4. The fourth-order valence-corrected chi connectivity index (χ4v) is 3.06. The highest BCUT2D eigenvalue weighted by molar-refractivity contribution is 5.99. The number of phenols is 1. The molecule has 0 saturated carbocycles. The molecule has 0 aliphatic carbocycles. The molecule has 0 saturated heterocycles. The van der Waals surface area contributed by atoms with Crippen molar-refractivity contribution in [3.8, 4) is 11.5 Å². The normalized spacial score (nSPS) is 11.2. The molecule has 0 atom stereocenters. The minimum Gasteiger partial charge on any atom is -0.503 e. The van der Waals surface area contributed by atoms with Gasteiger partial charge in [-0.2, -0.15) is 0 Å². The van der Waals surface area contributed by atoms with Crippen molar-refractivity contribution in [3.05, 3.63) is 84.9 Å². The minimum absolute atomic E-state index is 0.0172. The minimum atomic E-state index is -0.618. The number of hydrogen-bond acceptors (Lipinski definition) is 5. The Morgan fingerprint density at radius 2 is 1.55 bits per heavy atom. The topological polar surface area (TPSA) is 71.2 Å². The van der Waals surface area contributed by atoms with Gasteiger partial charge in [0.15, 0.2) is 11.5 Å². The quantitative estimate of drug-likeness (QED) is 0.187. The molecule has 4 rings (SSSR count). The Morgan fingerprint density at radius 3 is 2.31 bits per heavy atom. The standard InChI is InChI=1S/C24H18N2O3/c1-15(2)24(28)29-21-14-17-9-4-6-12-19(17)22(23(21)27)26-25-20-13-7-10-16-8-3-5-11-18(16)20/h3-14,27H,1H2,2H3/b26-25+. The molecule has 0 bridgehead atoms. The Balaban J connectivity index is 1.85. The van der Waals surface area contributed by atoms with Crippen LogP contribution in [0.15, 0.2) is 95.2 Å². The first kappa shape index (κ1) is 18.4. The number of carbonyl (C=O) groups is 1. The van der Waals surface area contributed by atoms with Crippen molar-refractivity contribution in [2.45, 2.75) is 6.92 Å². The van der Waals surface area contributed by atoms with E-state index in [1.165, 1.54) is 0 Å². The smallest absolute Gasteiger partial charge is 0.338 e. The van der Waals surface area contributed by atoms with E-state index in [2.05, 4.69) is 16.8 Å². The number of nitrogens with zero attached hydrogens (tertiary/aromatic N) is 2. The fraction of sp³-hybridized carbons (Fsp3) is 0.0417. The molecular weight excluding hydrogens is 364 g/mol. The SMILES string of the molecule is C=C(C)C(=O)Oc1cc2ccccc2c(/N=N/c2cccc3ccccc23)c1O. The van der Waals surface area contributed by atoms with Crippen LogP contribution in [-0.4, -0.2) is 11.1 Å². The first-order valence-electron chi connectivity index (χ1n) is 9.06. The summed E-state index contributed by atoms with van der Waals surface area (Å²) in [5.41, 5.74) is 1.15. The molecule has 0 unspecified atom stereocenters. The maximum atomic E-state index is 12.0. The van der Waals surface area contributed by atoms with Crippen LogP contribution in [0.4, 0.5) is 11.4 Å². The van der Waals surface area contributed by atoms with Crippen LogP contribution in [0, 0.1) is 0 Å². The third-order valence-corrected chi connectivity index (χ3v) is 4.54. The number of ether oxygens (including phenoxy) is 1. The predicted molar refractivity (Wildman–Crippen MR) is 114 cm³/mol. The van der Waals surface area contributed by atoms with Crippen LogP contribution in [0.1, 0.15) is 6.92 Å². The van der Waals surface area contributed by atoms with Crippen molar-refractivity contribution < 1.29 is 14.6 Å². The van der Waals surface area contributed by atoms with Gasteiger partial charge >= 0.3 is 5.97 Å². The zero-order valence-corrected chi connectivity index (χ0v) is 15.8. The number of azo groups is 1. The van der Waals surface area contributed by atoms with E-state index in [0.717, 1.165) is 16.2 Å². The van der Waals surface area contributed by atoms with Crippen LogP contribution in [0.25, 0.3) is 21.5 Å². The Kier molecular flexibility index (Phi) is 4.79. The summed E-state index contributed by atoms with van der Waals surface area (Å²) in [4.78, 5) is 12.0. The lowest BCUT2D eigenvalue weighted by molar-refractivity contribution is -0.130. The van der Waals surface area contributed by atoms with Crippen LogP contribution in [0.5, 0.6) is 11.5 Å². The largest absolute Gasteiger partial charge is 0.503 e. The number of hydrogen-bond donors (Lipinski definition) is 1. The predicted octanol–water partition coefficient (Wildman–Crippen LogP) is 6.60. The Labute approximate surface area is 167 Å². The molecule has 0 aliphatic rings. The van der Waals surface area contributed by atoms with Crippen molar-refractivity contribution in [1.29, 1.82) is 0 Å². The van der Waals surface area contributed by atoms with Crippen molar-refractivity contribution in [3.63, 3.8) is 0 Å². The summed E-state index contributed by atoms with van der Waals surface area (Å²) < 4.78 is 5.29. The van der Waals surface area contributed by atoms with Gasteiger partial charge < -0.3 is 9.84 Å². The summed E-state index contributed by atoms with van der Waals surface area (Å²) in [5.74, 6) is -0.849. The second kappa shape index (κ2) is 7.56. The lowest BCUT2D eigenvalue weighted by atomic mass is 10.1. The molecule has 1 N–H and O–H groups in total. The van der Waals surface area contributed by atoms with Crippen molar-refractivity contribution in [1.82, 2.24) is 0 Å². The van der Waals surface area contributed by atoms with Gasteiger partial charge in [0.05, 0.1) is 5.69 Å². The van der Waals surface area contributed by atoms with E-state index in [-0.39, 0.29) is 22.8 Å². The highest BCUT2D eigenvalue weighted by atomic mass is 16.5. The molecule has 5 nitrogen and oxygen atoms in total. The highest BCUT2D eigenvalue weighted by Gasteiger charge is 2.17. The van der Waals surface area contributed by atoms with Gasteiger partial charge in [0.25, 0.3) is 0 Å². The van der Waals surface area contributed by atoms with E-state index in [1.807, 2.05) is 66.7 Å². The molecular formula is C24H18N2O3. The molecule has 4 aromatic carbocycles. The van der Waals surface area contributed by atoms with Gasteiger partial charge in [-0.05, 0) is 29.8 Å². The first-order chi connectivity index (χ1) is 14.0. The Hall–Kier alpha value is -3.99. The molecule has 0 amide bonds. The summed E-state index contributed by atoms with van der Waals surface area (Å²) in [6.45, 7) is 5.12. The molecule has 0 spiro atoms. The first-order valence-corrected chi connectivity index (χ1v) is 9.06. The monoisotopic (exact) mass is 382 g/mol. The third-order valence-electron chi connectivity index (χ3n) is 4.54. The number of benzene rings is 4. The van der Waals surface area contributed by atoms with Gasteiger partial charge in [-0.3, -0.25) is 0 Å². The van der Waals surface area contributed by atoms with Gasteiger partial charge in [0.1, 0.15) is 5.69 Å². The second-order valence-electron chi connectivity index (χ2n) is 6.66. The second-order valence-corrected chi connectivity index (χ2v) is 6.66. The molecule has 4 aromatic rings. The van der Waals surface area contributed by atoms with E-state index < -0.39 is 5.97 Å². The molecule has 142 valence electrons. The van der Waals surface area contributed by atoms with E-state index >= 15 is 0 Å². The van der Waals surface area contributed by atoms with Crippen LogP contribution < -0.4 is 4.74 Å². The summed E-state index contributed by atoms with van der Waals surface area (Å²) in [7, 11) is 0. The van der Waals surface area contributed by atoms with Gasteiger partial charge in [-0.25, -0.2) is 4.79 Å². The number of aromatic hydroxyl groups is 1. The lowest BCUT2D eigenvalue weighted by Crippen LogP contribution is -2.08. The number of phenolic OH excluding ortho intramolecular Hbond substituents is 1. The number of esters is 1. The van der Waals surface area contributed by atoms with Crippen molar-refractivity contribution >= 4 is 38.9 Å². The van der Waals surface area contributed by atoms with Gasteiger partial charge in [0, 0.05) is 16.3 Å². The van der Waals surface area contributed by atoms with E-state index in [0.29, 0.717) is 11.1 Å². The van der Waals surface area contributed by atoms with Gasteiger partial charge in [0.2, 0.25) is 0 Å². The average Bonchev–Trinajstić information content (AvgIpc) is 2.73. The summed E-state index contributed by atoms with van der Waals surface area (Å²) in [5, 5.41) is 22.9. The zero-order valence-electron chi connectivity index (χ0n) is 15.8. The highest BCUT2D eigenvalue weighted by Crippen LogP contribution is 2.44. The third kappa shape index (κ3) is 3.58. The molecule has 0 aromatic heterocycles. The summed E-state index contributed by atoms with van der Waals surface area (Å²) in [6.07, 6.45) is 0. The van der Waals surface area contributed by atoms with Crippen molar-refractivity contribution in [2.75, 3.05) is 0 Å². The molecule has 0 radical (unpaired) electrons. The molecule has 5 heteroatoms. The van der Waals surface area contributed by atoms with Crippen LogP contribution in [-0.2, 0) is 4.79 Å². The molecule has 29 heavy (non-hydrogen) atoms. The number of carbonyl (C=O) groups excluding carboxylic acids is 1. The molecule has 0 heterocycles. The van der Waals surface area contributed by atoms with Crippen molar-refractivity contribution in [2.24, 2.45) is 10.2 Å².